The highest BCUT2D eigenvalue weighted by atomic mass is 35.5. The maximum atomic E-state index is 14.0. The lowest BCUT2D eigenvalue weighted by atomic mass is 10.0. The minimum Gasteiger partial charge on any atom is -0.467 e. The number of aliphatic imine (C=N–C) groups is 1. The van der Waals surface area contributed by atoms with E-state index in [4.69, 9.17) is 16.3 Å². The monoisotopic (exact) mass is 465 g/mol. The van der Waals surface area contributed by atoms with Crippen LogP contribution < -0.4 is 15.0 Å². The average molecular weight is 466 g/mol. The van der Waals surface area contributed by atoms with Crippen molar-refractivity contribution in [1.82, 2.24) is 15.3 Å². The van der Waals surface area contributed by atoms with Gasteiger partial charge in [-0.15, -0.1) is 0 Å². The molecule has 2 bridgehead atoms. The summed E-state index contributed by atoms with van der Waals surface area (Å²) in [6, 6.07) is 12.6. The van der Waals surface area contributed by atoms with Gasteiger partial charge < -0.3 is 15.0 Å². The smallest absolute Gasteiger partial charge is 0.318 e. The highest BCUT2D eigenvalue weighted by Gasteiger charge is 2.34. The lowest BCUT2D eigenvalue weighted by Gasteiger charge is -2.34. The molecule has 3 heterocycles. The van der Waals surface area contributed by atoms with Crippen LogP contribution in [0.1, 0.15) is 29.7 Å². The molecule has 33 heavy (non-hydrogen) atoms. The molecule has 2 unspecified atom stereocenters. The van der Waals surface area contributed by atoms with Crippen LogP contribution >= 0.6 is 11.6 Å². The van der Waals surface area contributed by atoms with Gasteiger partial charge in [-0.25, -0.2) is 4.39 Å². The molecule has 2 aliphatic rings. The van der Waals surface area contributed by atoms with Crippen molar-refractivity contribution in [2.45, 2.75) is 31.6 Å². The number of piperazine rings is 1. The highest BCUT2D eigenvalue weighted by Crippen LogP contribution is 2.32. The van der Waals surface area contributed by atoms with E-state index in [1.807, 2.05) is 36.4 Å². The normalized spacial score (nSPS) is 20.0. The molecule has 8 heteroatoms. The first-order chi connectivity index (χ1) is 16.1. The van der Waals surface area contributed by atoms with Gasteiger partial charge in [-0.3, -0.25) is 4.99 Å². The van der Waals surface area contributed by atoms with Gasteiger partial charge in [0.05, 0.1) is 24.1 Å². The first-order valence-corrected chi connectivity index (χ1v) is 11.4. The molecule has 2 atom stereocenters. The Hall–Kier alpha value is -3.03. The van der Waals surface area contributed by atoms with Crippen molar-refractivity contribution in [3.05, 3.63) is 64.8 Å². The number of methoxy groups -OCH3 is 1. The average Bonchev–Trinajstić information content (AvgIpc) is 3.18. The van der Waals surface area contributed by atoms with Crippen LogP contribution in [0.4, 0.5) is 10.2 Å². The quantitative estimate of drug-likeness (QED) is 0.530. The van der Waals surface area contributed by atoms with Crippen molar-refractivity contribution >= 4 is 40.1 Å². The molecule has 0 aliphatic carbocycles. The molecule has 2 aromatic carbocycles. The first-order valence-electron chi connectivity index (χ1n) is 11.0. The van der Waals surface area contributed by atoms with Crippen LogP contribution in [0.2, 0.25) is 5.02 Å². The molecule has 0 amide bonds. The Morgan fingerprint density at radius 2 is 1.97 bits per heavy atom. The topological polar surface area (TPSA) is 62.6 Å². The Morgan fingerprint density at radius 1 is 1.24 bits per heavy atom. The Morgan fingerprint density at radius 3 is 2.67 bits per heavy atom. The predicted octanol–water partition coefficient (Wildman–Crippen LogP) is 4.79. The number of benzene rings is 2. The molecular formula is C25H25ClFN5O. The molecule has 0 saturated carbocycles. The maximum Gasteiger partial charge on any atom is 0.318 e. The van der Waals surface area contributed by atoms with Crippen molar-refractivity contribution in [3.63, 3.8) is 0 Å². The van der Waals surface area contributed by atoms with E-state index in [0.29, 0.717) is 34.2 Å². The van der Waals surface area contributed by atoms with E-state index in [1.54, 1.807) is 6.21 Å². The van der Waals surface area contributed by atoms with Gasteiger partial charge in [0.1, 0.15) is 12.5 Å². The molecule has 5 rings (SSSR count). The fraction of sp³-hybridized carbons (Fsp3) is 0.320. The van der Waals surface area contributed by atoms with Gasteiger partial charge in [0, 0.05) is 47.4 Å². The Balaban J connectivity index is 1.55. The van der Waals surface area contributed by atoms with Crippen molar-refractivity contribution < 1.29 is 9.13 Å². The van der Waals surface area contributed by atoms with Crippen molar-refractivity contribution in [2.24, 2.45) is 4.99 Å². The lowest BCUT2D eigenvalue weighted by molar-refractivity contribution is 0.371. The molecule has 3 aromatic rings. The summed E-state index contributed by atoms with van der Waals surface area (Å²) < 4.78 is 19.3. The molecule has 2 aliphatic heterocycles. The van der Waals surface area contributed by atoms with Gasteiger partial charge >= 0.3 is 6.01 Å². The summed E-state index contributed by atoms with van der Waals surface area (Å²) in [6.07, 6.45) is 3.87. The van der Waals surface area contributed by atoms with Crippen LogP contribution in [-0.2, 0) is 6.67 Å². The van der Waals surface area contributed by atoms with Crippen molar-refractivity contribution in [1.29, 1.82) is 0 Å². The van der Waals surface area contributed by atoms with E-state index < -0.39 is 6.67 Å². The minimum atomic E-state index is -0.751. The Bertz CT molecular complexity index is 1230. The number of fused-ring (bicyclic) bond motifs is 3. The van der Waals surface area contributed by atoms with Crippen LogP contribution in [0, 0.1) is 0 Å². The standard InChI is InChI=1S/C25H25ClFN5O/c1-15(19-7-3-5-16-6-4-8-21(26)23(16)19)28-12-20-22(11-27)30-25(33-2)31-24(20)32-13-17-9-10-18(14-32)29-17/h3-8,12,17-18,29H,1,9-11,13-14H2,2H3. The molecular weight excluding hydrogens is 441 g/mol. The summed E-state index contributed by atoms with van der Waals surface area (Å²) in [7, 11) is 1.49. The summed E-state index contributed by atoms with van der Waals surface area (Å²) >= 11 is 6.48. The van der Waals surface area contributed by atoms with Crippen molar-refractivity contribution in [2.75, 3.05) is 25.1 Å². The minimum absolute atomic E-state index is 0.153. The molecule has 2 saturated heterocycles. The van der Waals surface area contributed by atoms with Gasteiger partial charge in [0.25, 0.3) is 0 Å². The number of ether oxygens (including phenoxy) is 1. The SMILES string of the molecule is C=C(N=Cc1c(CF)nc(OC)nc1N1CC2CCC(C1)N2)c1cccc2cccc(Cl)c12. The van der Waals surface area contributed by atoms with E-state index in [0.717, 1.165) is 42.3 Å². The molecule has 6 nitrogen and oxygen atoms in total. The van der Waals surface area contributed by atoms with E-state index >= 15 is 0 Å². The molecule has 1 N–H and O–H groups in total. The van der Waals surface area contributed by atoms with E-state index in [-0.39, 0.29) is 11.7 Å². The van der Waals surface area contributed by atoms with Crippen LogP contribution in [-0.4, -0.2) is 48.5 Å². The summed E-state index contributed by atoms with van der Waals surface area (Å²) in [6.45, 7) is 5.00. The van der Waals surface area contributed by atoms with Crippen LogP contribution in [0.5, 0.6) is 6.01 Å². The fourth-order valence-electron chi connectivity index (χ4n) is 4.76. The number of alkyl halides is 1. The molecule has 0 spiro atoms. The van der Waals surface area contributed by atoms with Gasteiger partial charge in [0.2, 0.25) is 0 Å². The van der Waals surface area contributed by atoms with Crippen LogP contribution in [0.15, 0.2) is 48.0 Å². The van der Waals surface area contributed by atoms with Crippen LogP contribution in [0.25, 0.3) is 16.5 Å². The van der Waals surface area contributed by atoms with Crippen LogP contribution in [0.3, 0.4) is 0 Å². The maximum absolute atomic E-state index is 14.0. The third-order valence-electron chi connectivity index (χ3n) is 6.32. The van der Waals surface area contributed by atoms with Gasteiger partial charge in [-0.2, -0.15) is 9.97 Å². The Labute approximate surface area is 197 Å². The molecule has 0 radical (unpaired) electrons. The number of hydrogen-bond donors (Lipinski definition) is 1. The first kappa shape index (κ1) is 21.8. The van der Waals surface area contributed by atoms with E-state index in [1.165, 1.54) is 7.11 Å². The number of hydrogen-bond acceptors (Lipinski definition) is 6. The molecule has 1 aromatic heterocycles. The number of rotatable bonds is 6. The fourth-order valence-corrected chi connectivity index (χ4v) is 5.05. The third kappa shape index (κ3) is 4.18. The van der Waals surface area contributed by atoms with E-state index in [9.17, 15) is 4.39 Å². The van der Waals surface area contributed by atoms with Crippen molar-refractivity contribution in [3.8, 4) is 6.01 Å². The second-order valence-corrected chi connectivity index (χ2v) is 8.83. The summed E-state index contributed by atoms with van der Waals surface area (Å²) in [5.74, 6) is 0.639. The number of aromatic nitrogens is 2. The van der Waals surface area contributed by atoms with Gasteiger partial charge in [0.15, 0.2) is 0 Å². The zero-order valence-corrected chi connectivity index (χ0v) is 19.1. The summed E-state index contributed by atoms with van der Waals surface area (Å²) in [5, 5.41) is 6.14. The summed E-state index contributed by atoms with van der Waals surface area (Å²) in [5.41, 5.74) is 2.15. The Kier molecular flexibility index (Phi) is 6.00. The van der Waals surface area contributed by atoms with Gasteiger partial charge in [-0.05, 0) is 24.3 Å². The zero-order valence-electron chi connectivity index (χ0n) is 18.4. The second-order valence-electron chi connectivity index (χ2n) is 8.42. The number of nitrogens with one attached hydrogen (secondary N) is 1. The number of nitrogens with zero attached hydrogens (tertiary/aromatic N) is 4. The largest absolute Gasteiger partial charge is 0.467 e. The lowest BCUT2D eigenvalue weighted by Crippen LogP contribution is -2.51. The molecule has 2 fully saturated rings. The zero-order chi connectivity index (χ0) is 22.9. The summed E-state index contributed by atoms with van der Waals surface area (Å²) in [4.78, 5) is 15.6. The highest BCUT2D eigenvalue weighted by molar-refractivity contribution is 6.36. The third-order valence-corrected chi connectivity index (χ3v) is 6.64. The van der Waals surface area contributed by atoms with E-state index in [2.05, 4.69) is 31.8 Å². The van der Waals surface area contributed by atoms with Gasteiger partial charge in [-0.1, -0.05) is 48.5 Å². The molecule has 170 valence electrons. The predicted molar refractivity (Wildman–Crippen MR) is 131 cm³/mol. The number of anilines is 1. The second kappa shape index (κ2) is 9.08. The number of halogens is 2.